The fraction of sp³-hybridized carbons (Fsp3) is 0.217. The molecule has 1 heteroatoms. The molecule has 3 rings (SSSR count). The highest BCUT2D eigenvalue weighted by Gasteiger charge is 2.16. The van der Waals surface area contributed by atoms with Gasteiger partial charge in [-0.1, -0.05) is 105 Å². The lowest BCUT2D eigenvalue weighted by molar-refractivity contribution is 0.718. The molecule has 0 radical (unpaired) electrons. The van der Waals surface area contributed by atoms with Crippen LogP contribution in [0.25, 0.3) is 0 Å². The standard InChI is InChI=1S/C23H25P/c1-2-3-6-12-20-13-11-18-23(19-20)24(21-14-7-4-8-15-21)22-16-9-5-10-17-22/h4-5,7-11,13-19H,2-3,6,12H2,1H3. The van der Waals surface area contributed by atoms with E-state index in [1.54, 1.807) is 0 Å². The third kappa shape index (κ3) is 4.34. The van der Waals surface area contributed by atoms with Crippen LogP contribution in [0.2, 0.25) is 0 Å². The summed E-state index contributed by atoms with van der Waals surface area (Å²) in [6.45, 7) is 2.26. The molecule has 0 amide bonds. The molecule has 0 aliphatic carbocycles. The summed E-state index contributed by atoms with van der Waals surface area (Å²) in [5.74, 6) is 0. The van der Waals surface area contributed by atoms with E-state index in [4.69, 9.17) is 0 Å². The van der Waals surface area contributed by atoms with Crippen LogP contribution in [0.5, 0.6) is 0 Å². The van der Waals surface area contributed by atoms with Gasteiger partial charge in [0.1, 0.15) is 0 Å². The number of unbranched alkanes of at least 4 members (excludes halogenated alkanes) is 2. The van der Waals surface area contributed by atoms with E-state index < -0.39 is 7.92 Å². The summed E-state index contributed by atoms with van der Waals surface area (Å²) in [6, 6.07) is 31.1. The summed E-state index contributed by atoms with van der Waals surface area (Å²) in [5.41, 5.74) is 1.47. The van der Waals surface area contributed by atoms with Crippen molar-refractivity contribution in [3.63, 3.8) is 0 Å². The van der Waals surface area contributed by atoms with Crippen LogP contribution in [0.4, 0.5) is 0 Å². The van der Waals surface area contributed by atoms with Gasteiger partial charge in [-0.25, -0.2) is 0 Å². The molecular formula is C23H25P. The number of hydrogen-bond acceptors (Lipinski definition) is 0. The van der Waals surface area contributed by atoms with Gasteiger partial charge in [-0.3, -0.25) is 0 Å². The molecule has 0 bridgehead atoms. The zero-order valence-corrected chi connectivity index (χ0v) is 15.3. The predicted molar refractivity (Wildman–Crippen MR) is 108 cm³/mol. The quantitative estimate of drug-likeness (QED) is 0.413. The van der Waals surface area contributed by atoms with Gasteiger partial charge in [0.2, 0.25) is 0 Å². The van der Waals surface area contributed by atoms with Crippen molar-refractivity contribution in [3.8, 4) is 0 Å². The van der Waals surface area contributed by atoms with E-state index in [2.05, 4.69) is 91.9 Å². The second kappa shape index (κ2) is 8.81. The van der Waals surface area contributed by atoms with Crippen LogP contribution < -0.4 is 15.9 Å². The molecule has 0 aliphatic rings. The molecule has 0 aliphatic heterocycles. The minimum Gasteiger partial charge on any atom is -0.0654 e. The number of hydrogen-bond donors (Lipinski definition) is 0. The highest BCUT2D eigenvalue weighted by molar-refractivity contribution is 7.79. The Balaban J connectivity index is 1.96. The van der Waals surface area contributed by atoms with Crippen molar-refractivity contribution in [2.24, 2.45) is 0 Å². The Bertz CT molecular complexity index is 695. The lowest BCUT2D eigenvalue weighted by Crippen LogP contribution is -2.20. The fourth-order valence-electron chi connectivity index (χ4n) is 3.03. The van der Waals surface area contributed by atoms with E-state index in [1.807, 2.05) is 0 Å². The Morgan fingerprint density at radius 3 is 1.79 bits per heavy atom. The molecule has 0 fully saturated rings. The maximum atomic E-state index is 2.43. The maximum absolute atomic E-state index is 2.43. The van der Waals surface area contributed by atoms with E-state index in [0.717, 1.165) is 0 Å². The van der Waals surface area contributed by atoms with Crippen molar-refractivity contribution in [1.29, 1.82) is 0 Å². The molecule has 0 saturated carbocycles. The minimum atomic E-state index is -0.481. The molecule has 3 aromatic rings. The van der Waals surface area contributed by atoms with Crippen LogP contribution in [-0.2, 0) is 6.42 Å². The van der Waals surface area contributed by atoms with E-state index in [-0.39, 0.29) is 0 Å². The average Bonchev–Trinajstić information content (AvgIpc) is 2.64. The first-order valence-corrected chi connectivity index (χ1v) is 10.2. The minimum absolute atomic E-state index is 0.481. The predicted octanol–water partition coefficient (Wildman–Crippen LogP) is 5.18. The van der Waals surface area contributed by atoms with Crippen molar-refractivity contribution >= 4 is 23.8 Å². The number of benzene rings is 3. The summed E-state index contributed by atoms with van der Waals surface area (Å²) in [6.07, 6.45) is 5.07. The third-order valence-electron chi connectivity index (χ3n) is 4.27. The Morgan fingerprint density at radius 2 is 1.21 bits per heavy atom. The Morgan fingerprint density at radius 1 is 0.625 bits per heavy atom. The fourth-order valence-corrected chi connectivity index (χ4v) is 5.40. The number of rotatable bonds is 7. The molecule has 122 valence electrons. The SMILES string of the molecule is CCCCCc1cccc(P(c2ccccc2)c2ccccc2)c1. The maximum Gasteiger partial charge on any atom is -0.0134 e. The van der Waals surface area contributed by atoms with Crippen LogP contribution in [-0.4, -0.2) is 0 Å². The van der Waals surface area contributed by atoms with Gasteiger partial charge >= 0.3 is 0 Å². The van der Waals surface area contributed by atoms with Gasteiger partial charge in [0.25, 0.3) is 0 Å². The summed E-state index contributed by atoms with van der Waals surface area (Å²) < 4.78 is 0. The summed E-state index contributed by atoms with van der Waals surface area (Å²) in [7, 11) is -0.481. The van der Waals surface area contributed by atoms with Crippen molar-refractivity contribution in [2.75, 3.05) is 0 Å². The molecular weight excluding hydrogens is 307 g/mol. The van der Waals surface area contributed by atoms with Gasteiger partial charge in [-0.2, -0.15) is 0 Å². The molecule has 0 saturated heterocycles. The molecule has 24 heavy (non-hydrogen) atoms. The smallest absolute Gasteiger partial charge is 0.0134 e. The van der Waals surface area contributed by atoms with Crippen LogP contribution >= 0.6 is 7.92 Å². The van der Waals surface area contributed by atoms with Gasteiger partial charge in [-0.05, 0) is 42.2 Å². The summed E-state index contributed by atoms with van der Waals surface area (Å²) in [5, 5.41) is 4.30. The van der Waals surface area contributed by atoms with Gasteiger partial charge in [0, 0.05) is 0 Å². The summed E-state index contributed by atoms with van der Waals surface area (Å²) in [4.78, 5) is 0. The molecule has 0 aromatic heterocycles. The van der Waals surface area contributed by atoms with Gasteiger partial charge < -0.3 is 0 Å². The molecule has 0 unspecified atom stereocenters. The highest BCUT2D eigenvalue weighted by atomic mass is 31.1. The molecule has 0 atom stereocenters. The van der Waals surface area contributed by atoms with Crippen molar-refractivity contribution in [2.45, 2.75) is 32.6 Å². The average molecular weight is 332 g/mol. The second-order valence-corrected chi connectivity index (χ2v) is 8.35. The van der Waals surface area contributed by atoms with Crippen molar-refractivity contribution in [1.82, 2.24) is 0 Å². The Labute approximate surface area is 147 Å². The normalized spacial score (nSPS) is 10.9. The van der Waals surface area contributed by atoms with E-state index >= 15 is 0 Å². The topological polar surface area (TPSA) is 0 Å². The molecule has 0 spiro atoms. The van der Waals surface area contributed by atoms with Crippen molar-refractivity contribution in [3.05, 3.63) is 90.5 Å². The monoisotopic (exact) mass is 332 g/mol. The van der Waals surface area contributed by atoms with E-state index in [1.165, 1.54) is 47.2 Å². The van der Waals surface area contributed by atoms with Crippen LogP contribution in [0.3, 0.4) is 0 Å². The lowest BCUT2D eigenvalue weighted by atomic mass is 10.1. The molecule has 3 aromatic carbocycles. The van der Waals surface area contributed by atoms with Crippen LogP contribution in [0.15, 0.2) is 84.9 Å². The van der Waals surface area contributed by atoms with Crippen LogP contribution in [0.1, 0.15) is 31.7 Å². The molecule has 0 nitrogen and oxygen atoms in total. The number of aryl methyl sites for hydroxylation is 1. The first kappa shape index (κ1) is 16.9. The zero-order valence-electron chi connectivity index (χ0n) is 14.4. The third-order valence-corrected chi connectivity index (χ3v) is 6.69. The molecule has 0 N–H and O–H groups in total. The summed E-state index contributed by atoms with van der Waals surface area (Å²) >= 11 is 0. The largest absolute Gasteiger partial charge is 0.0654 e. The first-order chi connectivity index (χ1) is 11.9. The first-order valence-electron chi connectivity index (χ1n) is 8.87. The molecule has 0 heterocycles. The lowest BCUT2D eigenvalue weighted by Gasteiger charge is -2.20. The second-order valence-electron chi connectivity index (χ2n) is 6.13. The van der Waals surface area contributed by atoms with E-state index in [9.17, 15) is 0 Å². The van der Waals surface area contributed by atoms with Gasteiger partial charge in [0.15, 0.2) is 0 Å². The van der Waals surface area contributed by atoms with Crippen molar-refractivity contribution < 1.29 is 0 Å². The Hall–Kier alpha value is -1.91. The zero-order chi connectivity index (χ0) is 16.6. The van der Waals surface area contributed by atoms with Crippen LogP contribution in [0, 0.1) is 0 Å². The highest BCUT2D eigenvalue weighted by Crippen LogP contribution is 2.32. The Kier molecular flexibility index (Phi) is 6.21. The van der Waals surface area contributed by atoms with Gasteiger partial charge in [-0.15, -0.1) is 0 Å². The van der Waals surface area contributed by atoms with Gasteiger partial charge in [0.05, 0.1) is 0 Å². The van der Waals surface area contributed by atoms with E-state index in [0.29, 0.717) is 0 Å².